The molecular formula is C25H33BrN2O2. The number of nitrogens with zero attached hydrogens (tertiary/aromatic N) is 2. The van der Waals surface area contributed by atoms with Crippen molar-refractivity contribution in [2.24, 2.45) is 0 Å². The van der Waals surface area contributed by atoms with Crippen molar-refractivity contribution in [2.45, 2.75) is 31.7 Å². The van der Waals surface area contributed by atoms with Gasteiger partial charge >= 0.3 is 0 Å². The molecule has 30 heavy (non-hydrogen) atoms. The van der Waals surface area contributed by atoms with Gasteiger partial charge in [-0.05, 0) is 68.8 Å². The summed E-state index contributed by atoms with van der Waals surface area (Å²) in [7, 11) is 4.03. The molecule has 0 aliphatic carbocycles. The summed E-state index contributed by atoms with van der Waals surface area (Å²) in [6.07, 6.45) is 2.48. The highest BCUT2D eigenvalue weighted by atomic mass is 79.9. The normalized spacial score (nSPS) is 16.5. The summed E-state index contributed by atoms with van der Waals surface area (Å²) in [5.41, 5.74) is 3.88. The average molecular weight is 473 g/mol. The van der Waals surface area contributed by atoms with E-state index in [1.807, 2.05) is 26.2 Å². The summed E-state index contributed by atoms with van der Waals surface area (Å²) in [6, 6.07) is 16.8. The first-order valence-electron chi connectivity index (χ1n) is 10.8. The molecule has 3 rings (SSSR count). The summed E-state index contributed by atoms with van der Waals surface area (Å²) in [4.78, 5) is 18.1. The number of likely N-dealkylation sites (N-methyl/N-ethyl adjacent to an activating group) is 1. The van der Waals surface area contributed by atoms with Crippen LogP contribution in [0.4, 0.5) is 5.69 Å². The highest BCUT2D eigenvalue weighted by Gasteiger charge is 2.39. The van der Waals surface area contributed by atoms with E-state index in [1.54, 1.807) is 0 Å². The number of anilines is 1. The number of ketones is 1. The smallest absolute Gasteiger partial charge is 0.183 e. The quantitative estimate of drug-likeness (QED) is 0.394. The van der Waals surface area contributed by atoms with Crippen molar-refractivity contribution in [2.75, 3.05) is 50.6 Å². The number of hydrogen-bond donors (Lipinski definition) is 0. The van der Waals surface area contributed by atoms with Gasteiger partial charge in [-0.25, -0.2) is 0 Å². The molecule has 2 aromatic rings. The van der Waals surface area contributed by atoms with Crippen LogP contribution in [0.2, 0.25) is 0 Å². The largest absolute Gasteiger partial charge is 0.378 e. The van der Waals surface area contributed by atoms with Gasteiger partial charge in [-0.2, -0.15) is 0 Å². The van der Waals surface area contributed by atoms with Gasteiger partial charge in [0.1, 0.15) is 0 Å². The van der Waals surface area contributed by atoms with Crippen LogP contribution in [0, 0.1) is 0 Å². The second-order valence-corrected chi connectivity index (χ2v) is 8.98. The van der Waals surface area contributed by atoms with Gasteiger partial charge in [0, 0.05) is 29.7 Å². The maximum atomic E-state index is 13.7. The molecule has 0 N–H and O–H groups in total. The number of aryl methyl sites for hydroxylation is 1. The molecule has 5 heteroatoms. The molecule has 1 atom stereocenters. The van der Waals surface area contributed by atoms with E-state index in [0.29, 0.717) is 6.42 Å². The van der Waals surface area contributed by atoms with E-state index in [-0.39, 0.29) is 5.78 Å². The van der Waals surface area contributed by atoms with Gasteiger partial charge in [0.05, 0.1) is 18.8 Å². The molecule has 0 spiro atoms. The van der Waals surface area contributed by atoms with E-state index in [0.717, 1.165) is 55.7 Å². The van der Waals surface area contributed by atoms with Crippen molar-refractivity contribution < 1.29 is 9.53 Å². The van der Waals surface area contributed by atoms with Crippen molar-refractivity contribution in [3.63, 3.8) is 0 Å². The summed E-state index contributed by atoms with van der Waals surface area (Å²) < 4.78 is 5.44. The van der Waals surface area contributed by atoms with Crippen LogP contribution in [-0.2, 0) is 17.6 Å². The third kappa shape index (κ3) is 5.13. The SMILES string of the molecule is CCC(Cc1ccc(CCBr)cc1)(C(=O)c1ccc(N2CCOCC2)cc1)N(C)C. The van der Waals surface area contributed by atoms with E-state index in [2.05, 4.69) is 69.1 Å². The van der Waals surface area contributed by atoms with E-state index in [1.165, 1.54) is 11.1 Å². The highest BCUT2D eigenvalue weighted by Crippen LogP contribution is 2.29. The minimum absolute atomic E-state index is 0.188. The Morgan fingerprint density at radius 2 is 1.63 bits per heavy atom. The van der Waals surface area contributed by atoms with E-state index in [4.69, 9.17) is 4.74 Å². The van der Waals surface area contributed by atoms with Crippen molar-refractivity contribution in [1.82, 2.24) is 4.90 Å². The predicted molar refractivity (Wildman–Crippen MR) is 128 cm³/mol. The number of halogens is 1. The zero-order valence-corrected chi connectivity index (χ0v) is 20.0. The molecule has 1 aliphatic heterocycles. The Morgan fingerprint density at radius 1 is 1.03 bits per heavy atom. The Bertz CT molecular complexity index is 814. The van der Waals surface area contributed by atoms with Crippen LogP contribution in [0.5, 0.6) is 0 Å². The molecule has 4 nitrogen and oxygen atoms in total. The molecular weight excluding hydrogens is 440 g/mol. The molecule has 1 fully saturated rings. The number of benzene rings is 2. The van der Waals surface area contributed by atoms with Gasteiger partial charge in [0.25, 0.3) is 0 Å². The van der Waals surface area contributed by atoms with Crippen LogP contribution in [0.15, 0.2) is 48.5 Å². The average Bonchev–Trinajstić information content (AvgIpc) is 2.79. The van der Waals surface area contributed by atoms with Crippen LogP contribution >= 0.6 is 15.9 Å². The Kier molecular flexibility index (Phi) is 8.09. The van der Waals surface area contributed by atoms with Crippen molar-refractivity contribution in [1.29, 1.82) is 0 Å². The maximum Gasteiger partial charge on any atom is 0.183 e. The first-order chi connectivity index (χ1) is 14.5. The van der Waals surface area contributed by atoms with Crippen LogP contribution in [0.1, 0.15) is 34.8 Å². The van der Waals surface area contributed by atoms with E-state index >= 15 is 0 Å². The number of hydrogen-bond acceptors (Lipinski definition) is 4. The number of Topliss-reactive ketones (excluding diaryl/α,β-unsaturated/α-hetero) is 1. The summed E-state index contributed by atoms with van der Waals surface area (Å²) in [6.45, 7) is 5.42. The lowest BCUT2D eigenvalue weighted by Gasteiger charge is -2.38. The highest BCUT2D eigenvalue weighted by molar-refractivity contribution is 9.09. The summed E-state index contributed by atoms with van der Waals surface area (Å²) in [5, 5.41) is 0.960. The predicted octanol–water partition coefficient (Wildman–Crippen LogP) is 4.60. The Morgan fingerprint density at radius 3 is 2.17 bits per heavy atom. The third-order valence-electron chi connectivity index (χ3n) is 6.27. The van der Waals surface area contributed by atoms with E-state index < -0.39 is 5.54 Å². The molecule has 0 bridgehead atoms. The number of carbonyl (C=O) groups is 1. The molecule has 1 saturated heterocycles. The van der Waals surface area contributed by atoms with Gasteiger partial charge < -0.3 is 9.64 Å². The number of alkyl halides is 1. The molecule has 1 aliphatic rings. The number of morpholine rings is 1. The van der Waals surface area contributed by atoms with Crippen LogP contribution in [0.3, 0.4) is 0 Å². The van der Waals surface area contributed by atoms with Gasteiger partial charge in [-0.1, -0.05) is 47.1 Å². The van der Waals surface area contributed by atoms with Gasteiger partial charge in [0.2, 0.25) is 0 Å². The zero-order chi connectivity index (χ0) is 21.6. The third-order valence-corrected chi connectivity index (χ3v) is 6.67. The zero-order valence-electron chi connectivity index (χ0n) is 18.4. The molecule has 0 saturated carbocycles. The van der Waals surface area contributed by atoms with Gasteiger partial charge in [0.15, 0.2) is 5.78 Å². The first kappa shape index (κ1) is 23.0. The Hall–Kier alpha value is -1.69. The molecule has 0 amide bonds. The van der Waals surface area contributed by atoms with E-state index in [9.17, 15) is 4.79 Å². The van der Waals surface area contributed by atoms with Gasteiger partial charge in [-0.3, -0.25) is 9.69 Å². The molecule has 1 heterocycles. The summed E-state index contributed by atoms with van der Waals surface area (Å²) in [5.74, 6) is 0.188. The summed E-state index contributed by atoms with van der Waals surface area (Å²) >= 11 is 3.50. The van der Waals surface area contributed by atoms with Crippen LogP contribution in [-0.4, -0.2) is 62.0 Å². The minimum Gasteiger partial charge on any atom is -0.378 e. The lowest BCUT2D eigenvalue weighted by molar-refractivity contribution is 0.0666. The molecule has 2 aromatic carbocycles. The monoisotopic (exact) mass is 472 g/mol. The molecule has 162 valence electrons. The first-order valence-corrected chi connectivity index (χ1v) is 11.9. The molecule has 0 radical (unpaired) electrons. The lowest BCUT2D eigenvalue weighted by atomic mass is 9.80. The van der Waals surface area contributed by atoms with Crippen molar-refractivity contribution in [3.8, 4) is 0 Å². The molecule has 0 aromatic heterocycles. The number of ether oxygens (including phenoxy) is 1. The van der Waals surface area contributed by atoms with Crippen molar-refractivity contribution in [3.05, 3.63) is 65.2 Å². The minimum atomic E-state index is -0.558. The number of carbonyl (C=O) groups excluding carboxylic acids is 1. The Balaban J connectivity index is 1.82. The lowest BCUT2D eigenvalue weighted by Crippen LogP contribution is -2.52. The van der Waals surface area contributed by atoms with Crippen LogP contribution in [0.25, 0.3) is 0 Å². The second kappa shape index (κ2) is 10.6. The van der Waals surface area contributed by atoms with Crippen molar-refractivity contribution >= 4 is 27.4 Å². The number of rotatable bonds is 9. The Labute approximate surface area is 189 Å². The topological polar surface area (TPSA) is 32.8 Å². The molecule has 1 unspecified atom stereocenters. The fourth-order valence-corrected chi connectivity index (χ4v) is 4.69. The second-order valence-electron chi connectivity index (χ2n) is 8.19. The fourth-order valence-electron chi connectivity index (χ4n) is 4.23. The maximum absolute atomic E-state index is 13.7. The van der Waals surface area contributed by atoms with Crippen LogP contribution < -0.4 is 4.90 Å². The fraction of sp³-hybridized carbons (Fsp3) is 0.480. The standard InChI is InChI=1S/C25H33BrN2O2/c1-4-25(27(2)3,19-21-7-5-20(6-8-21)13-14-26)24(29)22-9-11-23(12-10-22)28-15-17-30-18-16-28/h5-12H,4,13-19H2,1-3H3. The van der Waals surface area contributed by atoms with Gasteiger partial charge in [-0.15, -0.1) is 0 Å².